The van der Waals surface area contributed by atoms with Gasteiger partial charge in [-0.1, -0.05) is 12.8 Å². The zero-order chi connectivity index (χ0) is 12.2. The molecule has 0 bridgehead atoms. The molecule has 0 aromatic carbocycles. The van der Waals surface area contributed by atoms with Crippen LogP contribution in [0.3, 0.4) is 0 Å². The standard InChI is InChI=1S/C11H20N2O3/c1-8(12-2)9(14)13-7-11(10(15)16)5-3-4-6-11/h8,12H,3-7H2,1-2H3,(H,13,14)(H,15,16). The zero-order valence-corrected chi connectivity index (χ0v) is 9.88. The minimum absolute atomic E-state index is 0.143. The highest BCUT2D eigenvalue weighted by Crippen LogP contribution is 2.37. The highest BCUT2D eigenvalue weighted by molar-refractivity contribution is 5.82. The summed E-state index contributed by atoms with van der Waals surface area (Å²) in [5.74, 6) is -0.933. The maximum atomic E-state index is 11.5. The minimum Gasteiger partial charge on any atom is -0.481 e. The van der Waals surface area contributed by atoms with Crippen LogP contribution in [0.15, 0.2) is 0 Å². The lowest BCUT2D eigenvalue weighted by Gasteiger charge is -2.24. The van der Waals surface area contributed by atoms with E-state index in [-0.39, 0.29) is 18.5 Å². The Morgan fingerprint density at radius 2 is 1.94 bits per heavy atom. The molecule has 1 atom stereocenters. The van der Waals surface area contributed by atoms with Crippen molar-refractivity contribution in [3.05, 3.63) is 0 Å². The topological polar surface area (TPSA) is 78.4 Å². The van der Waals surface area contributed by atoms with Crippen molar-refractivity contribution in [2.45, 2.75) is 38.6 Å². The van der Waals surface area contributed by atoms with E-state index < -0.39 is 11.4 Å². The van der Waals surface area contributed by atoms with Crippen molar-refractivity contribution in [3.8, 4) is 0 Å². The molecule has 0 spiro atoms. The number of hydrogen-bond donors (Lipinski definition) is 3. The van der Waals surface area contributed by atoms with Gasteiger partial charge in [-0.25, -0.2) is 0 Å². The van der Waals surface area contributed by atoms with E-state index in [0.717, 1.165) is 12.8 Å². The first-order chi connectivity index (χ1) is 7.52. The van der Waals surface area contributed by atoms with E-state index >= 15 is 0 Å². The number of likely N-dealkylation sites (N-methyl/N-ethyl adjacent to an activating group) is 1. The lowest BCUT2D eigenvalue weighted by Crippen LogP contribution is -2.47. The van der Waals surface area contributed by atoms with Gasteiger partial charge in [0, 0.05) is 6.54 Å². The Bertz CT molecular complexity index is 272. The van der Waals surface area contributed by atoms with E-state index in [1.54, 1.807) is 14.0 Å². The van der Waals surface area contributed by atoms with Crippen molar-refractivity contribution in [1.82, 2.24) is 10.6 Å². The molecule has 1 rings (SSSR count). The van der Waals surface area contributed by atoms with E-state index in [4.69, 9.17) is 0 Å². The first kappa shape index (κ1) is 13.0. The largest absolute Gasteiger partial charge is 0.481 e. The van der Waals surface area contributed by atoms with E-state index in [2.05, 4.69) is 10.6 Å². The fourth-order valence-corrected chi connectivity index (χ4v) is 2.06. The Balaban J connectivity index is 2.51. The predicted molar refractivity (Wildman–Crippen MR) is 60.1 cm³/mol. The van der Waals surface area contributed by atoms with Crippen molar-refractivity contribution >= 4 is 11.9 Å². The molecule has 0 saturated heterocycles. The predicted octanol–water partition coefficient (Wildman–Crippen LogP) is 0.355. The second-order valence-corrected chi connectivity index (χ2v) is 4.52. The molecule has 1 fully saturated rings. The first-order valence-electron chi connectivity index (χ1n) is 5.70. The van der Waals surface area contributed by atoms with Crippen molar-refractivity contribution in [3.63, 3.8) is 0 Å². The average Bonchev–Trinajstić information content (AvgIpc) is 2.74. The van der Waals surface area contributed by atoms with Gasteiger partial charge in [0.15, 0.2) is 0 Å². The monoisotopic (exact) mass is 228 g/mol. The summed E-state index contributed by atoms with van der Waals surface area (Å²) >= 11 is 0. The molecule has 3 N–H and O–H groups in total. The van der Waals surface area contributed by atoms with Crippen molar-refractivity contribution in [2.24, 2.45) is 5.41 Å². The van der Waals surface area contributed by atoms with Gasteiger partial charge in [0.05, 0.1) is 11.5 Å². The van der Waals surface area contributed by atoms with E-state index in [9.17, 15) is 14.7 Å². The Labute approximate surface area is 95.6 Å². The number of aliphatic carboxylic acids is 1. The van der Waals surface area contributed by atoms with Crippen LogP contribution in [0, 0.1) is 5.41 Å². The van der Waals surface area contributed by atoms with E-state index in [1.807, 2.05) is 0 Å². The van der Waals surface area contributed by atoms with Gasteiger partial charge in [0.25, 0.3) is 0 Å². The van der Waals surface area contributed by atoms with Crippen LogP contribution in [0.25, 0.3) is 0 Å². The summed E-state index contributed by atoms with van der Waals surface area (Å²) in [4.78, 5) is 22.7. The van der Waals surface area contributed by atoms with Gasteiger partial charge in [-0.2, -0.15) is 0 Å². The van der Waals surface area contributed by atoms with Gasteiger partial charge >= 0.3 is 5.97 Å². The van der Waals surface area contributed by atoms with Crippen LogP contribution in [0.1, 0.15) is 32.6 Å². The Morgan fingerprint density at radius 3 is 2.38 bits per heavy atom. The third-order valence-corrected chi connectivity index (χ3v) is 3.44. The van der Waals surface area contributed by atoms with Crippen LogP contribution < -0.4 is 10.6 Å². The molecule has 0 aromatic heterocycles. The maximum Gasteiger partial charge on any atom is 0.311 e. The molecule has 1 saturated carbocycles. The van der Waals surface area contributed by atoms with Crippen LogP contribution in [0.2, 0.25) is 0 Å². The SMILES string of the molecule is CNC(C)C(=O)NCC1(C(=O)O)CCCC1. The summed E-state index contributed by atoms with van der Waals surface area (Å²) in [5, 5.41) is 14.7. The molecule has 1 aliphatic rings. The number of carboxylic acids is 1. The van der Waals surface area contributed by atoms with Crippen molar-refractivity contribution in [1.29, 1.82) is 0 Å². The van der Waals surface area contributed by atoms with E-state index in [1.165, 1.54) is 0 Å². The lowest BCUT2D eigenvalue weighted by atomic mass is 9.86. The minimum atomic E-state index is -0.789. The number of nitrogens with one attached hydrogen (secondary N) is 2. The van der Waals surface area contributed by atoms with Crippen molar-refractivity contribution < 1.29 is 14.7 Å². The molecule has 1 unspecified atom stereocenters. The summed E-state index contributed by atoms with van der Waals surface area (Å²) < 4.78 is 0. The number of carboxylic acid groups (broad SMARTS) is 1. The highest BCUT2D eigenvalue weighted by atomic mass is 16.4. The van der Waals surface area contributed by atoms with E-state index in [0.29, 0.717) is 12.8 Å². The summed E-state index contributed by atoms with van der Waals surface area (Å²) in [6.07, 6.45) is 3.20. The third-order valence-electron chi connectivity index (χ3n) is 3.44. The summed E-state index contributed by atoms with van der Waals surface area (Å²) in [5.41, 5.74) is -0.733. The molecule has 1 aliphatic carbocycles. The highest BCUT2D eigenvalue weighted by Gasteiger charge is 2.41. The summed E-state index contributed by atoms with van der Waals surface area (Å²) in [6.45, 7) is 1.99. The van der Waals surface area contributed by atoms with Gasteiger partial charge < -0.3 is 15.7 Å². The molecule has 16 heavy (non-hydrogen) atoms. The van der Waals surface area contributed by atoms with Gasteiger partial charge in [-0.15, -0.1) is 0 Å². The van der Waals surface area contributed by atoms with Gasteiger partial charge in [0.2, 0.25) is 5.91 Å². The number of amides is 1. The fourth-order valence-electron chi connectivity index (χ4n) is 2.06. The quantitative estimate of drug-likeness (QED) is 0.634. The number of carbonyl (C=O) groups excluding carboxylic acids is 1. The number of carbonyl (C=O) groups is 2. The van der Waals surface area contributed by atoms with Crippen molar-refractivity contribution in [2.75, 3.05) is 13.6 Å². The molecule has 0 radical (unpaired) electrons. The zero-order valence-electron chi connectivity index (χ0n) is 9.88. The lowest BCUT2D eigenvalue weighted by molar-refractivity contribution is -0.148. The maximum absolute atomic E-state index is 11.5. The van der Waals surface area contributed by atoms with Crippen LogP contribution in [0.4, 0.5) is 0 Å². The molecule has 0 heterocycles. The fraction of sp³-hybridized carbons (Fsp3) is 0.818. The van der Waals surface area contributed by atoms with Crippen LogP contribution in [-0.2, 0) is 9.59 Å². The number of rotatable bonds is 5. The normalized spacial score (nSPS) is 20.4. The smallest absolute Gasteiger partial charge is 0.311 e. The molecule has 0 aromatic rings. The molecule has 92 valence electrons. The molecule has 0 aliphatic heterocycles. The second-order valence-electron chi connectivity index (χ2n) is 4.52. The van der Waals surface area contributed by atoms with Gasteiger partial charge in [0.1, 0.15) is 0 Å². The van der Waals surface area contributed by atoms with Gasteiger partial charge in [-0.3, -0.25) is 9.59 Å². The molecule has 5 nitrogen and oxygen atoms in total. The van der Waals surface area contributed by atoms with Crippen LogP contribution >= 0.6 is 0 Å². The molecule has 1 amide bonds. The Kier molecular flexibility index (Phi) is 4.29. The molecular weight excluding hydrogens is 208 g/mol. The first-order valence-corrected chi connectivity index (χ1v) is 5.70. The number of hydrogen-bond acceptors (Lipinski definition) is 3. The Hall–Kier alpha value is -1.10. The third kappa shape index (κ3) is 2.72. The average molecular weight is 228 g/mol. The van der Waals surface area contributed by atoms with Gasteiger partial charge in [-0.05, 0) is 26.8 Å². The second kappa shape index (κ2) is 5.30. The van der Waals surface area contributed by atoms with Crippen LogP contribution in [-0.4, -0.2) is 36.6 Å². The van der Waals surface area contributed by atoms with Crippen LogP contribution in [0.5, 0.6) is 0 Å². The molecule has 5 heteroatoms. The summed E-state index contributed by atoms with van der Waals surface area (Å²) in [6, 6.07) is -0.285. The molecular formula is C11H20N2O3. The Morgan fingerprint density at radius 1 is 1.38 bits per heavy atom. The summed E-state index contributed by atoms with van der Waals surface area (Å²) in [7, 11) is 1.70.